The number of hydrogen-bond acceptors (Lipinski definition) is 3. The monoisotopic (exact) mass is 354 g/mol. The molecule has 1 aliphatic heterocycles. The smallest absolute Gasteiger partial charge is 0.326 e. The maximum atomic E-state index is 13.4. The fraction of sp³-hybridized carbons (Fsp3) is 0.571. The van der Waals surface area contributed by atoms with Crippen molar-refractivity contribution in [2.24, 2.45) is 5.73 Å². The number of alkyl halides is 3. The molecule has 9 heteroatoms. The molecule has 1 aliphatic rings. The Morgan fingerprint density at radius 1 is 1.30 bits per heavy atom. The zero-order valence-electron chi connectivity index (χ0n) is 12.5. The Kier molecular flexibility index (Phi) is 5.03. The highest BCUT2D eigenvalue weighted by molar-refractivity contribution is 7.89. The summed E-state index contributed by atoms with van der Waals surface area (Å²) in [6.45, 7) is 1.84. The van der Waals surface area contributed by atoms with E-state index >= 15 is 0 Å². The number of nitrogens with zero attached hydrogens (tertiary/aromatic N) is 1. The highest BCUT2D eigenvalue weighted by atomic mass is 32.2. The number of sulfonamides is 1. The number of piperidine rings is 1. The van der Waals surface area contributed by atoms with E-state index in [0.717, 1.165) is 16.8 Å². The fourth-order valence-corrected chi connectivity index (χ4v) is 4.57. The van der Waals surface area contributed by atoms with Crippen LogP contribution < -0.4 is 5.73 Å². The molecule has 1 heterocycles. The first kappa shape index (κ1) is 18.2. The summed E-state index contributed by atoms with van der Waals surface area (Å²) in [6, 6.07) is 0.797. The molecular weight excluding hydrogens is 336 g/mol. The van der Waals surface area contributed by atoms with Gasteiger partial charge < -0.3 is 5.73 Å². The molecule has 1 aromatic carbocycles. The second-order valence-electron chi connectivity index (χ2n) is 5.68. The Morgan fingerprint density at radius 2 is 1.96 bits per heavy atom. The Morgan fingerprint density at radius 3 is 2.52 bits per heavy atom. The molecule has 2 rings (SSSR count). The van der Waals surface area contributed by atoms with Crippen molar-refractivity contribution in [2.45, 2.75) is 49.3 Å². The van der Waals surface area contributed by atoms with Crippen molar-refractivity contribution in [1.29, 1.82) is 0 Å². The Bertz CT molecular complexity index is 674. The van der Waals surface area contributed by atoms with Crippen LogP contribution in [0.1, 0.15) is 31.7 Å². The van der Waals surface area contributed by atoms with Crippen molar-refractivity contribution in [2.75, 3.05) is 6.54 Å². The van der Waals surface area contributed by atoms with E-state index in [0.29, 0.717) is 25.0 Å². The van der Waals surface area contributed by atoms with Crippen molar-refractivity contribution in [3.63, 3.8) is 0 Å². The predicted molar refractivity (Wildman–Crippen MR) is 76.6 cm³/mol. The van der Waals surface area contributed by atoms with Gasteiger partial charge in [-0.2, -0.15) is 17.5 Å². The summed E-state index contributed by atoms with van der Waals surface area (Å²) >= 11 is 0. The number of nitrogens with two attached hydrogens (primary N) is 1. The molecule has 0 radical (unpaired) electrons. The van der Waals surface area contributed by atoms with Gasteiger partial charge in [0.1, 0.15) is 5.82 Å². The molecule has 1 fully saturated rings. The lowest BCUT2D eigenvalue weighted by atomic mass is 10.00. The molecule has 1 saturated heterocycles. The topological polar surface area (TPSA) is 63.4 Å². The minimum absolute atomic E-state index is 0.188. The molecule has 1 aromatic rings. The van der Waals surface area contributed by atoms with E-state index < -0.39 is 44.6 Å². The van der Waals surface area contributed by atoms with Crippen LogP contribution in [-0.4, -0.2) is 31.4 Å². The average Bonchev–Trinajstić information content (AvgIpc) is 2.46. The van der Waals surface area contributed by atoms with Crippen LogP contribution in [0.4, 0.5) is 17.6 Å². The summed E-state index contributed by atoms with van der Waals surface area (Å²) in [6.07, 6.45) is -3.01. The summed E-state index contributed by atoms with van der Waals surface area (Å²) in [5, 5.41) is 0. The van der Waals surface area contributed by atoms with Crippen molar-refractivity contribution in [1.82, 2.24) is 4.31 Å². The molecule has 130 valence electrons. The summed E-state index contributed by atoms with van der Waals surface area (Å²) in [5.41, 5.74) is 4.22. The largest absolute Gasteiger partial charge is 0.419 e. The van der Waals surface area contributed by atoms with Gasteiger partial charge in [0.2, 0.25) is 10.0 Å². The number of rotatable bonds is 3. The molecule has 0 aliphatic carbocycles. The number of halogens is 4. The van der Waals surface area contributed by atoms with Crippen LogP contribution >= 0.6 is 0 Å². The molecule has 0 amide bonds. The molecule has 2 atom stereocenters. The first-order valence-corrected chi connectivity index (χ1v) is 8.63. The lowest BCUT2D eigenvalue weighted by molar-refractivity contribution is -0.140. The summed E-state index contributed by atoms with van der Waals surface area (Å²) in [7, 11) is -4.17. The molecule has 2 N–H and O–H groups in total. The standard InChI is InChI=1S/C14H18F4N2O2S/c1-9(19)13-4-2-3-7-20(13)23(21,22)10-5-6-12(15)11(8-10)14(16,17)18/h5-6,8-9,13H,2-4,7,19H2,1H3. The highest BCUT2D eigenvalue weighted by Crippen LogP contribution is 2.34. The van der Waals surface area contributed by atoms with E-state index in [2.05, 4.69) is 0 Å². The first-order chi connectivity index (χ1) is 10.5. The second kappa shape index (κ2) is 6.37. The third-order valence-corrected chi connectivity index (χ3v) is 5.88. The molecule has 0 aromatic heterocycles. The summed E-state index contributed by atoms with van der Waals surface area (Å²) < 4.78 is 78.2. The summed E-state index contributed by atoms with van der Waals surface area (Å²) in [4.78, 5) is -0.571. The third-order valence-electron chi connectivity index (χ3n) is 3.96. The van der Waals surface area contributed by atoms with Gasteiger partial charge in [-0.25, -0.2) is 12.8 Å². The molecule has 4 nitrogen and oxygen atoms in total. The molecule has 0 bridgehead atoms. The van der Waals surface area contributed by atoms with Crippen molar-refractivity contribution in [3.05, 3.63) is 29.6 Å². The van der Waals surface area contributed by atoms with Crippen LogP contribution in [0.15, 0.2) is 23.1 Å². The molecule has 0 saturated carbocycles. The van der Waals surface area contributed by atoms with Crippen LogP contribution in [0, 0.1) is 5.82 Å². The normalized spacial score (nSPS) is 22.1. The Labute approximate surface area is 132 Å². The van der Waals surface area contributed by atoms with Crippen molar-refractivity contribution in [3.8, 4) is 0 Å². The van der Waals surface area contributed by atoms with Gasteiger partial charge in [-0.15, -0.1) is 0 Å². The first-order valence-electron chi connectivity index (χ1n) is 7.19. The molecule has 0 spiro atoms. The van der Waals surface area contributed by atoms with Gasteiger partial charge in [-0.05, 0) is 38.0 Å². The van der Waals surface area contributed by atoms with Crippen LogP contribution in [-0.2, 0) is 16.2 Å². The fourth-order valence-electron chi connectivity index (χ4n) is 2.77. The summed E-state index contributed by atoms with van der Waals surface area (Å²) in [5.74, 6) is -1.50. The van der Waals surface area contributed by atoms with E-state index in [9.17, 15) is 26.0 Å². The van der Waals surface area contributed by atoms with E-state index in [1.54, 1.807) is 6.92 Å². The van der Waals surface area contributed by atoms with Gasteiger partial charge in [0.15, 0.2) is 0 Å². The molecule has 23 heavy (non-hydrogen) atoms. The van der Waals surface area contributed by atoms with E-state index in [-0.39, 0.29) is 6.54 Å². The predicted octanol–water partition coefficient (Wildman–Crippen LogP) is 2.73. The average molecular weight is 354 g/mol. The molecular formula is C14H18F4N2O2S. The third kappa shape index (κ3) is 3.67. The Balaban J connectivity index is 2.47. The number of hydrogen-bond donors (Lipinski definition) is 1. The molecule has 2 unspecified atom stereocenters. The lowest BCUT2D eigenvalue weighted by Gasteiger charge is -2.37. The highest BCUT2D eigenvalue weighted by Gasteiger charge is 2.39. The zero-order valence-corrected chi connectivity index (χ0v) is 13.3. The van der Waals surface area contributed by atoms with Crippen molar-refractivity contribution < 1.29 is 26.0 Å². The SMILES string of the molecule is CC(N)C1CCCCN1S(=O)(=O)c1ccc(F)c(C(F)(F)F)c1. The van der Waals surface area contributed by atoms with Crippen LogP contribution in [0.2, 0.25) is 0 Å². The van der Waals surface area contributed by atoms with Crippen LogP contribution in [0.5, 0.6) is 0 Å². The maximum Gasteiger partial charge on any atom is 0.419 e. The van der Waals surface area contributed by atoms with Crippen molar-refractivity contribution >= 4 is 10.0 Å². The second-order valence-corrected chi connectivity index (χ2v) is 7.57. The van der Waals surface area contributed by atoms with E-state index in [1.165, 1.54) is 0 Å². The van der Waals surface area contributed by atoms with E-state index in [4.69, 9.17) is 5.73 Å². The van der Waals surface area contributed by atoms with Gasteiger partial charge in [-0.3, -0.25) is 0 Å². The lowest BCUT2D eigenvalue weighted by Crippen LogP contribution is -2.51. The number of benzene rings is 1. The minimum Gasteiger partial charge on any atom is -0.326 e. The van der Waals surface area contributed by atoms with Gasteiger partial charge in [0.05, 0.1) is 10.5 Å². The van der Waals surface area contributed by atoms with Crippen LogP contribution in [0.3, 0.4) is 0 Å². The zero-order chi connectivity index (χ0) is 17.4. The Hall–Kier alpha value is -1.19. The minimum atomic E-state index is -4.96. The van der Waals surface area contributed by atoms with E-state index in [1.807, 2.05) is 0 Å². The quantitative estimate of drug-likeness (QED) is 0.849. The van der Waals surface area contributed by atoms with Gasteiger partial charge >= 0.3 is 6.18 Å². The van der Waals surface area contributed by atoms with Gasteiger partial charge in [-0.1, -0.05) is 6.42 Å². The maximum absolute atomic E-state index is 13.4. The van der Waals surface area contributed by atoms with Gasteiger partial charge in [0.25, 0.3) is 0 Å². The van der Waals surface area contributed by atoms with Crippen LogP contribution in [0.25, 0.3) is 0 Å². The van der Waals surface area contributed by atoms with Gasteiger partial charge in [0, 0.05) is 18.6 Å².